The number of rotatable bonds is 10. The van der Waals surface area contributed by atoms with E-state index >= 15 is 0 Å². The van der Waals surface area contributed by atoms with E-state index in [0.717, 1.165) is 17.7 Å². The van der Waals surface area contributed by atoms with E-state index in [4.69, 9.17) is 9.31 Å². The predicted octanol–water partition coefficient (Wildman–Crippen LogP) is 5.21. The van der Waals surface area contributed by atoms with Gasteiger partial charge in [0.1, 0.15) is 5.69 Å². The van der Waals surface area contributed by atoms with E-state index in [9.17, 15) is 9.59 Å². The van der Waals surface area contributed by atoms with Crippen molar-refractivity contribution in [3.05, 3.63) is 90.0 Å². The van der Waals surface area contributed by atoms with E-state index in [2.05, 4.69) is 32.8 Å². The smallest absolute Gasteiger partial charge is 0.402 e. The molecule has 4 rings (SSSR count). The third kappa shape index (κ3) is 8.31. The highest BCUT2D eigenvalue weighted by Gasteiger charge is 2.54. The van der Waals surface area contributed by atoms with Crippen molar-refractivity contribution in [2.24, 2.45) is 0 Å². The summed E-state index contributed by atoms with van der Waals surface area (Å²) in [5.41, 5.74) is 3.56. The number of hydrazine groups is 1. The summed E-state index contributed by atoms with van der Waals surface area (Å²) in [5, 5.41) is 4.36. The van der Waals surface area contributed by atoms with Gasteiger partial charge in [0.25, 0.3) is 5.91 Å². The molecule has 3 amide bonds. The Labute approximate surface area is 246 Å². The highest BCUT2D eigenvalue weighted by atomic mass is 32.2. The number of hydrogen-bond donors (Lipinski definition) is 2. The molecule has 1 fully saturated rings. The largest absolute Gasteiger partial charge is 0.481 e. The van der Waals surface area contributed by atoms with Crippen LogP contribution in [0.2, 0.25) is 0 Å². The lowest BCUT2D eigenvalue weighted by atomic mass is 9.75. The summed E-state index contributed by atoms with van der Waals surface area (Å²) in [6.07, 6.45) is 5.22. The van der Waals surface area contributed by atoms with E-state index < -0.39 is 36.2 Å². The fraction of sp³-hybridized carbons (Fsp3) is 0.400. The number of carbonyl (C=O) groups is 2. The maximum atomic E-state index is 13.8. The van der Waals surface area contributed by atoms with Crippen molar-refractivity contribution in [3.8, 4) is 0 Å². The SMILES string of the molecule is Cc1cncc(C(=O)NN(CSc2ccccc2)C(=O)N[C@@H](CCCc2ccccc2)B2OC(C)(C)C(C)(C)O2)n1. The summed E-state index contributed by atoms with van der Waals surface area (Å²) >= 11 is 1.42. The van der Waals surface area contributed by atoms with E-state index in [-0.39, 0.29) is 11.6 Å². The van der Waals surface area contributed by atoms with Crippen molar-refractivity contribution >= 4 is 30.8 Å². The molecule has 1 aromatic heterocycles. The van der Waals surface area contributed by atoms with Gasteiger partial charge in [0, 0.05) is 11.1 Å². The lowest BCUT2D eigenvalue weighted by Crippen LogP contribution is -2.56. The zero-order valence-electron chi connectivity index (χ0n) is 24.3. The number of nitrogens with one attached hydrogen (secondary N) is 2. The molecule has 41 heavy (non-hydrogen) atoms. The third-order valence-corrected chi connectivity index (χ3v) is 8.30. The molecule has 2 heterocycles. The van der Waals surface area contributed by atoms with Crippen molar-refractivity contribution in [3.63, 3.8) is 0 Å². The number of amides is 3. The van der Waals surface area contributed by atoms with Gasteiger partial charge in [0.15, 0.2) is 0 Å². The van der Waals surface area contributed by atoms with Crippen LogP contribution in [0, 0.1) is 6.92 Å². The molecule has 1 aliphatic heterocycles. The van der Waals surface area contributed by atoms with Crippen molar-refractivity contribution in [2.75, 3.05) is 5.88 Å². The summed E-state index contributed by atoms with van der Waals surface area (Å²) in [7, 11) is -0.651. The molecule has 0 spiro atoms. The Kier molecular flexibility index (Phi) is 10.1. The van der Waals surface area contributed by atoms with Crippen LogP contribution >= 0.6 is 11.8 Å². The van der Waals surface area contributed by atoms with Crippen LogP contribution in [-0.4, -0.2) is 57.1 Å². The number of aromatic nitrogens is 2. The standard InChI is InChI=1S/C30H38BN5O4S/c1-22-19-32-20-25(33-22)27(37)35-36(21-41-24-16-10-7-11-17-24)28(38)34-26(18-12-15-23-13-8-6-9-14-23)31-39-29(2,3)30(4,5)40-31/h6-11,13-14,16-17,19-20,26H,12,15,18,21H2,1-5H3,(H,34,38)(H,35,37)/t26-/m0/s1. The normalized spacial score (nSPS) is 16.2. The molecule has 0 radical (unpaired) electrons. The van der Waals surface area contributed by atoms with Crippen molar-refractivity contribution in [2.45, 2.75) is 75.9 Å². The monoisotopic (exact) mass is 575 g/mol. The molecule has 216 valence electrons. The molecule has 2 aromatic carbocycles. The van der Waals surface area contributed by atoms with Gasteiger partial charge >= 0.3 is 13.1 Å². The second-order valence-corrected chi connectivity index (χ2v) is 12.1. The van der Waals surface area contributed by atoms with Gasteiger partial charge < -0.3 is 14.6 Å². The first-order valence-electron chi connectivity index (χ1n) is 13.8. The van der Waals surface area contributed by atoms with Crippen LogP contribution < -0.4 is 10.7 Å². The Hall–Kier alpha value is -3.41. The molecule has 0 saturated carbocycles. The molecular weight excluding hydrogens is 537 g/mol. The summed E-state index contributed by atoms with van der Waals surface area (Å²) in [6, 6.07) is 19.4. The first-order chi connectivity index (χ1) is 19.5. The number of thioether (sulfide) groups is 1. The van der Waals surface area contributed by atoms with Crippen LogP contribution in [0.1, 0.15) is 62.3 Å². The number of carbonyl (C=O) groups excluding carboxylic acids is 2. The molecule has 1 aliphatic rings. The fourth-order valence-electron chi connectivity index (χ4n) is 4.29. The molecule has 3 aromatic rings. The predicted molar refractivity (Wildman–Crippen MR) is 161 cm³/mol. The van der Waals surface area contributed by atoms with Gasteiger partial charge in [-0.25, -0.2) is 14.8 Å². The average molecular weight is 576 g/mol. The Bertz CT molecular complexity index is 1300. The van der Waals surface area contributed by atoms with E-state index in [1.54, 1.807) is 13.1 Å². The highest BCUT2D eigenvalue weighted by Crippen LogP contribution is 2.38. The first kappa shape index (κ1) is 30.6. The Morgan fingerprint density at radius 2 is 1.61 bits per heavy atom. The van der Waals surface area contributed by atoms with Crippen LogP contribution in [-0.2, 0) is 15.7 Å². The van der Waals surface area contributed by atoms with Crippen LogP contribution in [0.15, 0.2) is 78.0 Å². The summed E-state index contributed by atoms with van der Waals surface area (Å²) in [5.74, 6) is -0.811. The van der Waals surface area contributed by atoms with Crippen molar-refractivity contribution in [1.82, 2.24) is 25.7 Å². The minimum absolute atomic E-state index is 0.123. The third-order valence-electron chi connectivity index (χ3n) is 7.31. The molecule has 2 N–H and O–H groups in total. The topological polar surface area (TPSA) is 106 Å². The zero-order valence-corrected chi connectivity index (χ0v) is 25.1. The van der Waals surface area contributed by atoms with E-state index in [0.29, 0.717) is 12.1 Å². The zero-order chi connectivity index (χ0) is 29.5. The minimum atomic E-state index is -0.651. The average Bonchev–Trinajstić information content (AvgIpc) is 3.17. The van der Waals surface area contributed by atoms with Gasteiger partial charge in [0.2, 0.25) is 0 Å². The second-order valence-electron chi connectivity index (χ2n) is 11.1. The summed E-state index contributed by atoms with van der Waals surface area (Å²) < 4.78 is 12.7. The number of hydrogen-bond acceptors (Lipinski definition) is 7. The molecular formula is C30H38BN5O4S. The van der Waals surface area contributed by atoms with Gasteiger partial charge in [-0.2, -0.15) is 0 Å². The summed E-state index contributed by atoms with van der Waals surface area (Å²) in [6.45, 7) is 9.71. The van der Waals surface area contributed by atoms with Gasteiger partial charge in [-0.05, 0) is 71.6 Å². The van der Waals surface area contributed by atoms with Gasteiger partial charge in [-0.15, -0.1) is 11.8 Å². The maximum absolute atomic E-state index is 13.8. The number of benzene rings is 2. The molecule has 0 bridgehead atoms. The van der Waals surface area contributed by atoms with Crippen molar-refractivity contribution < 1.29 is 18.9 Å². The fourth-order valence-corrected chi connectivity index (χ4v) is 5.10. The Morgan fingerprint density at radius 3 is 2.24 bits per heavy atom. The second kappa shape index (κ2) is 13.5. The Morgan fingerprint density at radius 1 is 0.976 bits per heavy atom. The van der Waals surface area contributed by atoms with Gasteiger partial charge in [-0.1, -0.05) is 48.5 Å². The number of urea groups is 1. The lowest BCUT2D eigenvalue weighted by Gasteiger charge is -2.32. The lowest BCUT2D eigenvalue weighted by molar-refractivity contribution is 0.00578. The van der Waals surface area contributed by atoms with Gasteiger partial charge in [-0.3, -0.25) is 15.2 Å². The minimum Gasteiger partial charge on any atom is -0.402 e. The molecule has 0 aliphatic carbocycles. The van der Waals surface area contributed by atoms with Gasteiger partial charge in [0.05, 0.1) is 34.9 Å². The highest BCUT2D eigenvalue weighted by molar-refractivity contribution is 7.99. The molecule has 1 atom stereocenters. The van der Waals surface area contributed by atoms with E-state index in [1.807, 2.05) is 76.2 Å². The van der Waals surface area contributed by atoms with Crippen LogP contribution in [0.25, 0.3) is 0 Å². The maximum Gasteiger partial charge on any atom is 0.481 e. The Balaban J connectivity index is 1.51. The number of nitrogens with zero attached hydrogens (tertiary/aromatic N) is 3. The molecule has 9 nitrogen and oxygen atoms in total. The molecule has 0 unspecified atom stereocenters. The number of aryl methyl sites for hydroxylation is 2. The van der Waals surface area contributed by atoms with Crippen molar-refractivity contribution in [1.29, 1.82) is 0 Å². The summed E-state index contributed by atoms with van der Waals surface area (Å²) in [4.78, 5) is 36.1. The van der Waals surface area contributed by atoms with Crippen LogP contribution in [0.3, 0.4) is 0 Å². The molecule has 11 heteroatoms. The van der Waals surface area contributed by atoms with Crippen LogP contribution in [0.4, 0.5) is 4.79 Å². The quantitative estimate of drug-likeness (QED) is 0.148. The van der Waals surface area contributed by atoms with E-state index in [1.165, 1.54) is 28.5 Å². The first-order valence-corrected chi connectivity index (χ1v) is 14.8. The van der Waals surface area contributed by atoms with Crippen LogP contribution in [0.5, 0.6) is 0 Å². The molecule has 1 saturated heterocycles.